The summed E-state index contributed by atoms with van der Waals surface area (Å²) in [6.07, 6.45) is 8.54. The minimum absolute atomic E-state index is 0.204. The Morgan fingerprint density at radius 1 is 0.812 bits per heavy atom. The minimum atomic E-state index is 0.204. The first-order valence-electron chi connectivity index (χ1n) is 12.0. The van der Waals surface area contributed by atoms with Crippen LogP contribution in [0.15, 0.2) is 48.5 Å². The van der Waals surface area contributed by atoms with Crippen molar-refractivity contribution in [2.24, 2.45) is 0 Å². The number of nitrogens with zero attached hydrogens (tertiary/aromatic N) is 1. The second kappa shape index (κ2) is 11.7. The summed E-state index contributed by atoms with van der Waals surface area (Å²) in [7, 11) is 3.34. The smallest absolute Gasteiger partial charge is 0.160 e. The summed E-state index contributed by atoms with van der Waals surface area (Å²) in [6.45, 7) is 2.51. The monoisotopic (exact) mass is 439 g/mol. The molecule has 4 rings (SSSR count). The van der Waals surface area contributed by atoms with Crippen LogP contribution >= 0.6 is 0 Å². The summed E-state index contributed by atoms with van der Waals surface area (Å²) in [5.74, 6) is 1.54. The molecule has 2 aromatic carbocycles. The Hall–Kier alpha value is -2.08. The molecule has 0 N–H and O–H groups in total. The SMILES string of the molecule is COc1ccc(CCO[C@H]2CCCC[C@@H]2N2CCCC2OCc2ccccc2)cc1OC. The molecule has 1 saturated carbocycles. The van der Waals surface area contributed by atoms with Crippen molar-refractivity contribution in [1.29, 1.82) is 0 Å². The third kappa shape index (κ3) is 5.83. The average Bonchev–Trinajstić information content (AvgIpc) is 3.32. The standard InChI is InChI=1S/C27H37NO4/c1-29-25-15-14-21(19-26(25)30-2)16-18-31-24-12-7-6-11-23(24)28-17-8-13-27(28)32-20-22-9-4-3-5-10-22/h3-5,9-10,14-15,19,23-24,27H,6-8,11-13,16-18,20H2,1-2H3/t23-,24-,27?/m0/s1. The molecular formula is C27H37NO4. The van der Waals surface area contributed by atoms with E-state index in [4.69, 9.17) is 18.9 Å². The van der Waals surface area contributed by atoms with Crippen LogP contribution in [0.2, 0.25) is 0 Å². The fraction of sp³-hybridized carbons (Fsp3) is 0.556. The number of ether oxygens (including phenoxy) is 4. The molecule has 1 unspecified atom stereocenters. The van der Waals surface area contributed by atoms with E-state index in [2.05, 4.69) is 47.4 Å². The molecule has 0 spiro atoms. The average molecular weight is 440 g/mol. The van der Waals surface area contributed by atoms with Crippen molar-refractivity contribution in [3.05, 3.63) is 59.7 Å². The van der Waals surface area contributed by atoms with Gasteiger partial charge in [0.25, 0.3) is 0 Å². The molecule has 2 aromatic rings. The summed E-state index contributed by atoms with van der Waals surface area (Å²) in [5.41, 5.74) is 2.45. The van der Waals surface area contributed by atoms with Crippen LogP contribution in [0.1, 0.15) is 49.7 Å². The van der Waals surface area contributed by atoms with Crippen LogP contribution in [-0.4, -0.2) is 50.6 Å². The first kappa shape index (κ1) is 23.1. The van der Waals surface area contributed by atoms with E-state index in [-0.39, 0.29) is 12.3 Å². The number of hydrogen-bond donors (Lipinski definition) is 0. The van der Waals surface area contributed by atoms with Crippen LogP contribution in [0, 0.1) is 0 Å². The van der Waals surface area contributed by atoms with E-state index >= 15 is 0 Å². The van der Waals surface area contributed by atoms with Crippen LogP contribution in [0.5, 0.6) is 11.5 Å². The van der Waals surface area contributed by atoms with E-state index in [1.54, 1.807) is 14.2 Å². The van der Waals surface area contributed by atoms with Gasteiger partial charge >= 0.3 is 0 Å². The van der Waals surface area contributed by atoms with Gasteiger partial charge in [0.1, 0.15) is 6.23 Å². The van der Waals surface area contributed by atoms with Gasteiger partial charge in [0.05, 0.1) is 33.5 Å². The molecule has 0 aromatic heterocycles. The molecule has 1 saturated heterocycles. The van der Waals surface area contributed by atoms with Gasteiger partial charge in [-0.2, -0.15) is 0 Å². The second-order valence-electron chi connectivity index (χ2n) is 8.83. The molecule has 5 nitrogen and oxygen atoms in total. The van der Waals surface area contributed by atoms with E-state index < -0.39 is 0 Å². The van der Waals surface area contributed by atoms with Gasteiger partial charge in [0.15, 0.2) is 11.5 Å². The Labute approximate surface area is 192 Å². The van der Waals surface area contributed by atoms with Crippen molar-refractivity contribution in [1.82, 2.24) is 4.90 Å². The number of benzene rings is 2. The van der Waals surface area contributed by atoms with Gasteiger partial charge < -0.3 is 18.9 Å². The minimum Gasteiger partial charge on any atom is -0.493 e. The molecule has 5 heteroatoms. The first-order chi connectivity index (χ1) is 15.8. The number of methoxy groups -OCH3 is 2. The molecule has 0 radical (unpaired) electrons. The molecule has 32 heavy (non-hydrogen) atoms. The van der Waals surface area contributed by atoms with Crippen LogP contribution < -0.4 is 9.47 Å². The van der Waals surface area contributed by atoms with Crippen molar-refractivity contribution in [3.63, 3.8) is 0 Å². The summed E-state index contributed by atoms with van der Waals surface area (Å²) < 4.78 is 23.6. The predicted octanol–water partition coefficient (Wildman–Crippen LogP) is 5.21. The highest BCUT2D eigenvalue weighted by Gasteiger charge is 2.37. The molecule has 2 aliphatic rings. The Balaban J connectivity index is 1.32. The summed E-state index contributed by atoms with van der Waals surface area (Å²) in [6, 6.07) is 17.1. The van der Waals surface area contributed by atoms with E-state index in [1.165, 1.54) is 36.8 Å². The number of hydrogen-bond acceptors (Lipinski definition) is 5. The quantitative estimate of drug-likeness (QED) is 0.508. The lowest BCUT2D eigenvalue weighted by Gasteiger charge is -2.40. The van der Waals surface area contributed by atoms with Gasteiger partial charge in [-0.25, -0.2) is 0 Å². The highest BCUT2D eigenvalue weighted by molar-refractivity contribution is 5.42. The van der Waals surface area contributed by atoms with Crippen LogP contribution in [0.25, 0.3) is 0 Å². The molecule has 174 valence electrons. The van der Waals surface area contributed by atoms with Crippen molar-refractivity contribution in [2.75, 3.05) is 27.4 Å². The Morgan fingerprint density at radius 2 is 1.62 bits per heavy atom. The fourth-order valence-corrected chi connectivity index (χ4v) is 5.10. The second-order valence-corrected chi connectivity index (χ2v) is 8.83. The van der Waals surface area contributed by atoms with Gasteiger partial charge in [-0.1, -0.05) is 49.2 Å². The van der Waals surface area contributed by atoms with Crippen LogP contribution in [0.4, 0.5) is 0 Å². The molecule has 0 amide bonds. The van der Waals surface area contributed by atoms with Crippen molar-refractivity contribution in [2.45, 2.75) is 69.9 Å². The maximum absolute atomic E-state index is 6.48. The van der Waals surface area contributed by atoms with Crippen molar-refractivity contribution in [3.8, 4) is 11.5 Å². The third-order valence-electron chi connectivity index (χ3n) is 6.79. The lowest BCUT2D eigenvalue weighted by molar-refractivity contribution is -0.108. The summed E-state index contributed by atoms with van der Waals surface area (Å²) in [4.78, 5) is 2.59. The Bertz CT molecular complexity index is 828. The summed E-state index contributed by atoms with van der Waals surface area (Å²) >= 11 is 0. The van der Waals surface area contributed by atoms with Gasteiger partial charge in [0.2, 0.25) is 0 Å². The van der Waals surface area contributed by atoms with Gasteiger partial charge in [-0.05, 0) is 55.4 Å². The lowest BCUT2D eigenvalue weighted by Crippen LogP contribution is -2.49. The zero-order valence-corrected chi connectivity index (χ0v) is 19.5. The maximum atomic E-state index is 6.48. The molecule has 0 bridgehead atoms. The number of rotatable bonds is 10. The van der Waals surface area contributed by atoms with Crippen LogP contribution in [-0.2, 0) is 22.5 Å². The van der Waals surface area contributed by atoms with Gasteiger partial charge in [0, 0.05) is 12.6 Å². The topological polar surface area (TPSA) is 40.2 Å². The zero-order valence-electron chi connectivity index (χ0n) is 19.5. The zero-order chi connectivity index (χ0) is 22.2. The van der Waals surface area contributed by atoms with Crippen molar-refractivity contribution < 1.29 is 18.9 Å². The molecule has 1 aliphatic carbocycles. The molecule has 1 aliphatic heterocycles. The Kier molecular flexibility index (Phi) is 8.43. The van der Waals surface area contributed by atoms with Gasteiger partial charge in [-0.3, -0.25) is 4.90 Å². The van der Waals surface area contributed by atoms with Crippen molar-refractivity contribution >= 4 is 0 Å². The van der Waals surface area contributed by atoms with E-state index in [0.717, 1.165) is 43.9 Å². The first-order valence-corrected chi connectivity index (χ1v) is 12.0. The lowest BCUT2D eigenvalue weighted by atomic mass is 9.91. The fourth-order valence-electron chi connectivity index (χ4n) is 5.10. The van der Waals surface area contributed by atoms with Gasteiger partial charge in [-0.15, -0.1) is 0 Å². The highest BCUT2D eigenvalue weighted by Crippen LogP contribution is 2.32. The van der Waals surface area contributed by atoms with E-state index in [1.807, 2.05) is 6.07 Å². The molecule has 2 fully saturated rings. The van der Waals surface area contributed by atoms with E-state index in [9.17, 15) is 0 Å². The van der Waals surface area contributed by atoms with Crippen LogP contribution in [0.3, 0.4) is 0 Å². The largest absolute Gasteiger partial charge is 0.493 e. The predicted molar refractivity (Wildman–Crippen MR) is 126 cm³/mol. The summed E-state index contributed by atoms with van der Waals surface area (Å²) in [5, 5.41) is 0. The third-order valence-corrected chi connectivity index (χ3v) is 6.79. The van der Waals surface area contributed by atoms with E-state index in [0.29, 0.717) is 12.6 Å². The molecule has 3 atom stereocenters. The maximum Gasteiger partial charge on any atom is 0.160 e. The number of likely N-dealkylation sites (tertiary alicyclic amines) is 1. The molecular weight excluding hydrogens is 402 g/mol. The highest BCUT2D eigenvalue weighted by atomic mass is 16.5. The normalized spacial score (nSPS) is 23.9. The Morgan fingerprint density at radius 3 is 2.44 bits per heavy atom. The molecule has 1 heterocycles.